The van der Waals surface area contributed by atoms with Crippen LogP contribution in [-0.4, -0.2) is 31.2 Å². The molecule has 1 aliphatic heterocycles. The quantitative estimate of drug-likeness (QED) is 0.832. The third-order valence-corrected chi connectivity index (χ3v) is 4.92. The highest BCUT2D eigenvalue weighted by Gasteiger charge is 2.32. The van der Waals surface area contributed by atoms with Gasteiger partial charge in [0, 0.05) is 19.1 Å². The molecule has 3 rings (SSSR count). The first-order chi connectivity index (χ1) is 9.84. The van der Waals surface area contributed by atoms with Crippen molar-refractivity contribution in [3.05, 3.63) is 42.8 Å². The number of hydrogen-bond donors (Lipinski definition) is 0. The Bertz CT molecular complexity index is 391. The van der Waals surface area contributed by atoms with Gasteiger partial charge in [0.25, 0.3) is 0 Å². The molecule has 1 radical (unpaired) electrons. The summed E-state index contributed by atoms with van der Waals surface area (Å²) in [6, 6.07) is 11.7. The van der Waals surface area contributed by atoms with Crippen molar-refractivity contribution in [1.82, 2.24) is 4.90 Å². The summed E-state index contributed by atoms with van der Waals surface area (Å²) in [7, 11) is 0. The number of hydrogen-bond acceptors (Lipinski definition) is 2. The Hall–Kier alpha value is -0.860. The Morgan fingerprint density at radius 3 is 2.30 bits per heavy atom. The SMILES string of the molecule is [CH2]C1CCC(C(c2ccccc2)N2CCOCC2)CC1. The van der Waals surface area contributed by atoms with Gasteiger partial charge in [-0.3, -0.25) is 4.90 Å². The maximum absolute atomic E-state index is 5.54. The van der Waals surface area contributed by atoms with Crippen LogP contribution in [0.15, 0.2) is 30.3 Å². The van der Waals surface area contributed by atoms with Crippen LogP contribution in [0.1, 0.15) is 37.3 Å². The van der Waals surface area contributed by atoms with Gasteiger partial charge >= 0.3 is 0 Å². The molecule has 0 spiro atoms. The fraction of sp³-hybridized carbons (Fsp3) is 0.611. The molecule has 1 aliphatic carbocycles. The first-order valence-corrected chi connectivity index (χ1v) is 8.04. The van der Waals surface area contributed by atoms with E-state index in [4.69, 9.17) is 4.74 Å². The van der Waals surface area contributed by atoms with E-state index in [9.17, 15) is 0 Å². The van der Waals surface area contributed by atoms with Crippen LogP contribution in [0, 0.1) is 18.8 Å². The smallest absolute Gasteiger partial charge is 0.0594 e. The zero-order valence-corrected chi connectivity index (χ0v) is 12.3. The van der Waals surface area contributed by atoms with Crippen LogP contribution in [0.25, 0.3) is 0 Å². The molecular formula is C18H26NO. The van der Waals surface area contributed by atoms with Crippen LogP contribution < -0.4 is 0 Å². The summed E-state index contributed by atoms with van der Waals surface area (Å²) in [4.78, 5) is 2.65. The van der Waals surface area contributed by atoms with Gasteiger partial charge in [0.15, 0.2) is 0 Å². The summed E-state index contributed by atoms with van der Waals surface area (Å²) < 4.78 is 5.54. The van der Waals surface area contributed by atoms with Gasteiger partial charge in [-0.2, -0.15) is 0 Å². The van der Waals surface area contributed by atoms with E-state index < -0.39 is 0 Å². The van der Waals surface area contributed by atoms with E-state index in [1.807, 2.05) is 0 Å². The Morgan fingerprint density at radius 1 is 1.00 bits per heavy atom. The van der Waals surface area contributed by atoms with Crippen molar-refractivity contribution in [2.75, 3.05) is 26.3 Å². The molecule has 20 heavy (non-hydrogen) atoms. The summed E-state index contributed by atoms with van der Waals surface area (Å²) in [6.07, 6.45) is 5.23. The molecule has 1 unspecified atom stereocenters. The molecule has 1 atom stereocenters. The minimum atomic E-state index is 0.576. The average molecular weight is 272 g/mol. The number of ether oxygens (including phenoxy) is 1. The normalized spacial score (nSPS) is 30.1. The van der Waals surface area contributed by atoms with Gasteiger partial charge in [-0.15, -0.1) is 0 Å². The Labute approximate surface area is 123 Å². The minimum absolute atomic E-state index is 0.576. The second-order valence-corrected chi connectivity index (χ2v) is 6.28. The maximum atomic E-state index is 5.54. The van der Waals surface area contributed by atoms with Gasteiger partial charge in [0.1, 0.15) is 0 Å². The average Bonchev–Trinajstić information content (AvgIpc) is 2.52. The Balaban J connectivity index is 1.79. The van der Waals surface area contributed by atoms with E-state index in [0.717, 1.165) is 32.2 Å². The van der Waals surface area contributed by atoms with E-state index in [1.54, 1.807) is 0 Å². The summed E-state index contributed by atoms with van der Waals surface area (Å²) in [5, 5.41) is 0. The Kier molecular flexibility index (Phi) is 4.74. The van der Waals surface area contributed by atoms with Crippen LogP contribution >= 0.6 is 0 Å². The fourth-order valence-corrected chi connectivity index (χ4v) is 3.79. The largest absolute Gasteiger partial charge is 0.379 e. The van der Waals surface area contributed by atoms with E-state index >= 15 is 0 Å². The van der Waals surface area contributed by atoms with Crippen molar-refractivity contribution in [2.24, 2.45) is 11.8 Å². The fourth-order valence-electron chi connectivity index (χ4n) is 3.79. The van der Waals surface area contributed by atoms with Crippen molar-refractivity contribution in [3.63, 3.8) is 0 Å². The molecule has 1 saturated heterocycles. The van der Waals surface area contributed by atoms with Crippen LogP contribution in [0.4, 0.5) is 0 Å². The zero-order valence-electron chi connectivity index (χ0n) is 12.3. The highest BCUT2D eigenvalue weighted by molar-refractivity contribution is 5.20. The number of benzene rings is 1. The highest BCUT2D eigenvalue weighted by Crippen LogP contribution is 2.40. The van der Waals surface area contributed by atoms with Gasteiger partial charge in [-0.1, -0.05) is 50.1 Å². The van der Waals surface area contributed by atoms with Gasteiger partial charge in [-0.05, 0) is 30.2 Å². The molecule has 0 amide bonds. The van der Waals surface area contributed by atoms with Crippen LogP contribution in [-0.2, 0) is 4.74 Å². The second-order valence-electron chi connectivity index (χ2n) is 6.28. The number of nitrogens with zero attached hydrogens (tertiary/aromatic N) is 1. The topological polar surface area (TPSA) is 12.5 Å². The zero-order chi connectivity index (χ0) is 13.8. The van der Waals surface area contributed by atoms with E-state index in [2.05, 4.69) is 42.2 Å². The molecule has 1 saturated carbocycles. The van der Waals surface area contributed by atoms with E-state index in [1.165, 1.54) is 31.2 Å². The van der Waals surface area contributed by atoms with Gasteiger partial charge in [0.2, 0.25) is 0 Å². The van der Waals surface area contributed by atoms with E-state index in [0.29, 0.717) is 12.0 Å². The third kappa shape index (κ3) is 3.24. The molecule has 2 nitrogen and oxygen atoms in total. The molecular weight excluding hydrogens is 246 g/mol. The minimum Gasteiger partial charge on any atom is -0.379 e. The predicted octanol–water partition coefficient (Wildman–Crippen LogP) is 3.70. The monoisotopic (exact) mass is 272 g/mol. The van der Waals surface area contributed by atoms with Gasteiger partial charge in [0.05, 0.1) is 13.2 Å². The van der Waals surface area contributed by atoms with Gasteiger partial charge in [-0.25, -0.2) is 0 Å². The van der Waals surface area contributed by atoms with Crippen LogP contribution in [0.5, 0.6) is 0 Å². The molecule has 1 aromatic rings. The van der Waals surface area contributed by atoms with Crippen molar-refractivity contribution in [2.45, 2.75) is 31.7 Å². The summed E-state index contributed by atoms with van der Waals surface area (Å²) in [5.41, 5.74) is 1.49. The van der Waals surface area contributed by atoms with Gasteiger partial charge < -0.3 is 4.74 Å². The number of rotatable bonds is 3. The van der Waals surface area contributed by atoms with Crippen molar-refractivity contribution in [1.29, 1.82) is 0 Å². The lowest BCUT2D eigenvalue weighted by molar-refractivity contribution is -0.00446. The van der Waals surface area contributed by atoms with Crippen LogP contribution in [0.2, 0.25) is 0 Å². The third-order valence-electron chi connectivity index (χ3n) is 4.92. The summed E-state index contributed by atoms with van der Waals surface area (Å²) in [6.45, 7) is 8.16. The molecule has 2 aliphatic rings. The highest BCUT2D eigenvalue weighted by atomic mass is 16.5. The molecule has 1 heterocycles. The van der Waals surface area contributed by atoms with Crippen molar-refractivity contribution in [3.8, 4) is 0 Å². The maximum Gasteiger partial charge on any atom is 0.0594 e. The molecule has 0 aromatic heterocycles. The molecule has 0 N–H and O–H groups in total. The summed E-state index contributed by atoms with van der Waals surface area (Å²) >= 11 is 0. The van der Waals surface area contributed by atoms with Crippen molar-refractivity contribution >= 4 is 0 Å². The lowest BCUT2D eigenvalue weighted by atomic mass is 9.76. The molecule has 109 valence electrons. The first kappa shape index (κ1) is 14.1. The van der Waals surface area contributed by atoms with Crippen molar-refractivity contribution < 1.29 is 4.74 Å². The predicted molar refractivity (Wildman–Crippen MR) is 82.4 cm³/mol. The standard InChI is InChI=1S/C18H26NO/c1-15-7-9-17(10-8-15)18(16-5-3-2-4-6-16)19-11-13-20-14-12-19/h2-6,15,17-18H,1,7-14H2. The molecule has 2 heteroatoms. The van der Waals surface area contributed by atoms with E-state index in [-0.39, 0.29) is 0 Å². The molecule has 1 aromatic carbocycles. The lowest BCUT2D eigenvalue weighted by Gasteiger charge is -2.41. The molecule has 0 bridgehead atoms. The lowest BCUT2D eigenvalue weighted by Crippen LogP contribution is -2.42. The number of morpholine rings is 1. The molecule has 2 fully saturated rings. The van der Waals surface area contributed by atoms with Crippen LogP contribution in [0.3, 0.4) is 0 Å². The Morgan fingerprint density at radius 2 is 1.65 bits per heavy atom. The summed E-state index contributed by atoms with van der Waals surface area (Å²) in [5.74, 6) is 1.46. The first-order valence-electron chi connectivity index (χ1n) is 8.04. The second kappa shape index (κ2) is 6.73.